The van der Waals surface area contributed by atoms with Crippen LogP contribution in [0.2, 0.25) is 11.6 Å². The van der Waals surface area contributed by atoms with Crippen LogP contribution in [0.15, 0.2) is 65.6 Å². The second kappa shape index (κ2) is 9.95. The third kappa shape index (κ3) is 3.70. The molecule has 0 amide bonds. The molecule has 0 aliphatic carbocycles. The fourth-order valence-electron chi connectivity index (χ4n) is 7.53. The van der Waals surface area contributed by atoms with E-state index in [4.69, 9.17) is 4.90 Å². The lowest BCUT2D eigenvalue weighted by molar-refractivity contribution is 0.510. The average molecular weight is 462 g/mol. The lowest BCUT2D eigenvalue weighted by Gasteiger charge is -2.39. The van der Waals surface area contributed by atoms with Gasteiger partial charge >= 0.3 is 0 Å². The van der Waals surface area contributed by atoms with E-state index in [1.807, 2.05) is 0 Å². The van der Waals surface area contributed by atoms with Gasteiger partial charge in [-0.2, -0.15) is 6.32 Å². The third-order valence-corrected chi connectivity index (χ3v) is 14.0. The van der Waals surface area contributed by atoms with Crippen LogP contribution in [-0.2, 0) is 0 Å². The Balaban J connectivity index is 2.00. The standard InChI is InChI=1S/C29H44BN2P/c1-6-9-22-29(23-10-7-2)27-30(29,24-11-8-3)31-28(32(4)5)33(27,25-18-14-12-15-19-25)26-20-16-13-17-21-26/h12-21,27H,6-11,22-24H2,1-5H3. The highest BCUT2D eigenvalue weighted by molar-refractivity contribution is 8.07. The Morgan fingerprint density at radius 2 is 1.27 bits per heavy atom. The smallest absolute Gasteiger partial charge is 0.211 e. The van der Waals surface area contributed by atoms with E-state index in [1.54, 1.807) is 10.6 Å². The minimum atomic E-state index is -1.84. The van der Waals surface area contributed by atoms with Crippen LogP contribution < -0.4 is 10.6 Å². The maximum Gasteiger partial charge on any atom is 0.211 e. The van der Waals surface area contributed by atoms with Crippen LogP contribution in [0.1, 0.15) is 72.1 Å². The fraction of sp³-hybridized carbons (Fsp3) is 0.552. The summed E-state index contributed by atoms with van der Waals surface area (Å²) in [5, 5.41) is 3.51. The number of fused-ring (bicyclic) bond motifs is 1. The van der Waals surface area contributed by atoms with E-state index < -0.39 is 13.5 Å². The van der Waals surface area contributed by atoms with Gasteiger partial charge in [-0.1, -0.05) is 109 Å². The highest BCUT2D eigenvalue weighted by Gasteiger charge is 2.83. The normalized spacial score (nSPS) is 24.3. The molecule has 178 valence electrons. The summed E-state index contributed by atoms with van der Waals surface area (Å²) in [5.41, 5.74) is 2.11. The second-order valence-electron chi connectivity index (χ2n) is 10.8. The van der Waals surface area contributed by atoms with Crippen molar-refractivity contribution in [1.29, 1.82) is 0 Å². The molecule has 2 aromatic carbocycles. The van der Waals surface area contributed by atoms with Gasteiger partial charge in [0, 0.05) is 14.1 Å². The van der Waals surface area contributed by atoms with Crippen molar-refractivity contribution in [2.75, 3.05) is 14.1 Å². The molecule has 2 unspecified atom stereocenters. The van der Waals surface area contributed by atoms with Crippen molar-refractivity contribution in [2.24, 2.45) is 4.90 Å². The molecule has 1 fully saturated rings. The Kier molecular flexibility index (Phi) is 7.39. The van der Waals surface area contributed by atoms with Gasteiger partial charge in [-0.05, 0) is 29.8 Å². The summed E-state index contributed by atoms with van der Waals surface area (Å²) >= 11 is 0. The lowest BCUT2D eigenvalue weighted by atomic mass is 9.42. The van der Waals surface area contributed by atoms with Crippen molar-refractivity contribution < 1.29 is 0 Å². The molecule has 4 rings (SSSR count). The number of unbranched alkanes of at least 4 members (excludes halogenated alkanes) is 3. The SMILES string of the molecule is CCCC[B-]12N=C(N(C)C)[P+](c3ccccc3)(c3ccccc3)C1C2(CCCC)CCCC. The lowest BCUT2D eigenvalue weighted by Crippen LogP contribution is -2.38. The van der Waals surface area contributed by atoms with Gasteiger partial charge in [0.2, 0.25) is 5.58 Å². The molecule has 0 saturated carbocycles. The zero-order chi connectivity index (χ0) is 23.5. The molecule has 0 aromatic heterocycles. The van der Waals surface area contributed by atoms with E-state index in [0.717, 1.165) is 0 Å². The summed E-state index contributed by atoms with van der Waals surface area (Å²) in [6.45, 7) is 7.08. The van der Waals surface area contributed by atoms with E-state index in [9.17, 15) is 0 Å². The molecular formula is C29H44BN2P. The molecule has 2 heterocycles. The summed E-state index contributed by atoms with van der Waals surface area (Å²) in [7, 11) is 2.65. The van der Waals surface area contributed by atoms with E-state index >= 15 is 0 Å². The van der Waals surface area contributed by atoms with Crippen LogP contribution in [0.5, 0.6) is 0 Å². The molecular weight excluding hydrogens is 418 g/mol. The van der Waals surface area contributed by atoms with Crippen LogP contribution in [0.25, 0.3) is 0 Å². The Labute approximate surface area is 203 Å². The topological polar surface area (TPSA) is 15.6 Å². The Bertz CT molecular complexity index is 895. The van der Waals surface area contributed by atoms with E-state index in [0.29, 0.717) is 10.9 Å². The number of nitrogens with zero attached hydrogens (tertiary/aromatic N) is 2. The van der Waals surface area contributed by atoms with Gasteiger partial charge in [0.15, 0.2) is 6.28 Å². The summed E-state index contributed by atoms with van der Waals surface area (Å²) in [6, 6.07) is 23.1. The molecule has 33 heavy (non-hydrogen) atoms. The first kappa shape index (κ1) is 24.5. The fourth-order valence-corrected chi connectivity index (χ4v) is 13.9. The molecule has 2 aromatic rings. The molecule has 2 aliphatic rings. The first-order valence-corrected chi connectivity index (χ1v) is 15.4. The first-order valence-electron chi connectivity index (χ1n) is 13.5. The molecule has 2 aliphatic heterocycles. The molecule has 1 saturated heterocycles. The second-order valence-corrected chi connectivity index (χ2v) is 14.2. The molecule has 0 spiro atoms. The summed E-state index contributed by atoms with van der Waals surface area (Å²) in [4.78, 5) is 8.34. The highest BCUT2D eigenvalue weighted by Crippen LogP contribution is 2.90. The Morgan fingerprint density at radius 3 is 1.70 bits per heavy atom. The quantitative estimate of drug-likeness (QED) is 0.251. The summed E-state index contributed by atoms with van der Waals surface area (Å²) in [5.74, 6) is 0. The van der Waals surface area contributed by atoms with Gasteiger partial charge in [0.05, 0.1) is 0 Å². The summed E-state index contributed by atoms with van der Waals surface area (Å²) < 4.78 is 0. The first-order chi connectivity index (χ1) is 16.0. The molecule has 2 atom stereocenters. The maximum atomic E-state index is 5.95. The van der Waals surface area contributed by atoms with Crippen molar-refractivity contribution in [3.63, 3.8) is 0 Å². The predicted octanol–water partition coefficient (Wildman–Crippen LogP) is 7.37. The van der Waals surface area contributed by atoms with Gasteiger partial charge in [-0.25, -0.2) is 0 Å². The van der Waals surface area contributed by atoms with Crippen LogP contribution in [0.4, 0.5) is 0 Å². The van der Waals surface area contributed by atoms with Crippen LogP contribution >= 0.6 is 7.26 Å². The van der Waals surface area contributed by atoms with Gasteiger partial charge in [0.1, 0.15) is 17.9 Å². The van der Waals surface area contributed by atoms with Gasteiger partial charge < -0.3 is 9.80 Å². The van der Waals surface area contributed by atoms with Crippen LogP contribution in [0.3, 0.4) is 0 Å². The zero-order valence-electron chi connectivity index (χ0n) is 21.6. The van der Waals surface area contributed by atoms with Crippen LogP contribution in [-0.4, -0.2) is 36.4 Å². The number of hydrogen-bond acceptors (Lipinski definition) is 2. The third-order valence-electron chi connectivity index (χ3n) is 8.79. The summed E-state index contributed by atoms with van der Waals surface area (Å²) in [6.07, 6.45) is 11.1. The molecule has 2 nitrogen and oxygen atoms in total. The van der Waals surface area contributed by atoms with E-state index in [-0.39, 0.29) is 0 Å². The van der Waals surface area contributed by atoms with Crippen molar-refractivity contribution in [2.45, 2.75) is 89.3 Å². The highest BCUT2D eigenvalue weighted by atomic mass is 31.2. The number of benzene rings is 2. The largest absolute Gasteiger partial charge is 0.447 e. The van der Waals surface area contributed by atoms with Gasteiger partial charge in [-0.15, -0.1) is 5.31 Å². The van der Waals surface area contributed by atoms with Crippen molar-refractivity contribution >= 4 is 29.7 Å². The maximum absolute atomic E-state index is 5.95. The minimum Gasteiger partial charge on any atom is -0.447 e. The predicted molar refractivity (Wildman–Crippen MR) is 151 cm³/mol. The van der Waals surface area contributed by atoms with Crippen molar-refractivity contribution in [1.82, 2.24) is 4.90 Å². The van der Waals surface area contributed by atoms with Crippen molar-refractivity contribution in [3.05, 3.63) is 60.7 Å². The zero-order valence-corrected chi connectivity index (χ0v) is 22.5. The Morgan fingerprint density at radius 1 is 0.788 bits per heavy atom. The van der Waals surface area contributed by atoms with Crippen molar-refractivity contribution in [3.8, 4) is 0 Å². The number of rotatable bonds is 11. The monoisotopic (exact) mass is 462 g/mol. The Hall–Kier alpha value is -1.60. The van der Waals surface area contributed by atoms with Gasteiger partial charge in [-0.3, -0.25) is 0 Å². The van der Waals surface area contributed by atoms with E-state index in [2.05, 4.69) is 100 Å². The molecule has 0 N–H and O–H groups in total. The van der Waals surface area contributed by atoms with Crippen LogP contribution in [0, 0.1) is 0 Å². The molecule has 0 radical (unpaired) electrons. The molecule has 0 bridgehead atoms. The van der Waals surface area contributed by atoms with E-state index in [1.165, 1.54) is 63.3 Å². The van der Waals surface area contributed by atoms with Gasteiger partial charge in [0.25, 0.3) is 0 Å². The minimum absolute atomic E-state index is 0.417. The average Bonchev–Trinajstić information content (AvgIpc) is 3.24. The number of hydrogen-bond donors (Lipinski definition) is 0. The number of amidine groups is 1. The molecule has 4 heteroatoms.